The van der Waals surface area contributed by atoms with Crippen molar-refractivity contribution in [2.75, 3.05) is 39.3 Å². The number of hydrogen-bond donors (Lipinski definition) is 2. The zero-order valence-electron chi connectivity index (χ0n) is 14.5. The average Bonchev–Trinajstić information content (AvgIpc) is 2.60. The van der Waals surface area contributed by atoms with Crippen molar-refractivity contribution in [2.45, 2.75) is 11.1 Å². The fourth-order valence-corrected chi connectivity index (χ4v) is 3.95. The first-order valence-corrected chi connectivity index (χ1v) is 9.54. The Bertz CT molecular complexity index is 824. The van der Waals surface area contributed by atoms with Crippen molar-refractivity contribution in [3.05, 3.63) is 30.1 Å². The predicted octanol–water partition coefficient (Wildman–Crippen LogP) is 0.520. The number of sulfonamides is 1. The molecule has 0 saturated carbocycles. The summed E-state index contributed by atoms with van der Waals surface area (Å²) in [5, 5.41) is 3.28. The van der Waals surface area contributed by atoms with Crippen molar-refractivity contribution in [2.24, 2.45) is 0 Å². The number of imide groups is 1. The molecule has 1 aliphatic rings. The third kappa shape index (κ3) is 6.42. The van der Waals surface area contributed by atoms with E-state index in [9.17, 15) is 35.6 Å². The summed E-state index contributed by atoms with van der Waals surface area (Å²) < 4.78 is 75.4. The van der Waals surface area contributed by atoms with Gasteiger partial charge in [0.2, 0.25) is 15.9 Å². The SMILES string of the molecule is O=C(CN1CCN(S(=O)(=O)c2cccc(F)c2)CC1)NC(=O)NCC(F)(F)F. The van der Waals surface area contributed by atoms with Gasteiger partial charge in [0.05, 0.1) is 11.4 Å². The summed E-state index contributed by atoms with van der Waals surface area (Å²) in [6, 6.07) is 3.33. The van der Waals surface area contributed by atoms with Crippen molar-refractivity contribution in [3.63, 3.8) is 0 Å². The largest absolute Gasteiger partial charge is 0.405 e. The number of benzene rings is 1. The summed E-state index contributed by atoms with van der Waals surface area (Å²) in [6.07, 6.45) is -4.59. The highest BCUT2D eigenvalue weighted by atomic mass is 32.2. The molecule has 1 fully saturated rings. The summed E-state index contributed by atoms with van der Waals surface area (Å²) >= 11 is 0. The Hall–Kier alpha value is -2.25. The van der Waals surface area contributed by atoms with Gasteiger partial charge in [-0.15, -0.1) is 0 Å². The number of alkyl halides is 3. The zero-order chi connectivity index (χ0) is 20.9. The van der Waals surface area contributed by atoms with Crippen molar-refractivity contribution in [3.8, 4) is 0 Å². The van der Waals surface area contributed by atoms with Gasteiger partial charge < -0.3 is 5.32 Å². The summed E-state index contributed by atoms with van der Waals surface area (Å²) in [5.74, 6) is -1.50. The molecule has 1 saturated heterocycles. The lowest BCUT2D eigenvalue weighted by Crippen LogP contribution is -2.52. The number of rotatable bonds is 5. The molecule has 1 aliphatic heterocycles. The van der Waals surface area contributed by atoms with Crippen LogP contribution in [0.15, 0.2) is 29.2 Å². The molecular formula is C15H18F4N4O4S. The highest BCUT2D eigenvalue weighted by molar-refractivity contribution is 7.89. The second-order valence-corrected chi connectivity index (χ2v) is 7.92. The molecule has 3 amide bonds. The Morgan fingerprint density at radius 2 is 1.75 bits per heavy atom. The first-order chi connectivity index (χ1) is 13.0. The molecule has 0 bridgehead atoms. The Morgan fingerprint density at radius 3 is 2.32 bits per heavy atom. The molecule has 1 aromatic rings. The van der Waals surface area contributed by atoms with Gasteiger partial charge >= 0.3 is 12.2 Å². The number of piperazine rings is 1. The number of amides is 3. The van der Waals surface area contributed by atoms with Gasteiger partial charge in [0.25, 0.3) is 0 Å². The van der Waals surface area contributed by atoms with Gasteiger partial charge in [0, 0.05) is 26.2 Å². The van der Waals surface area contributed by atoms with E-state index in [0.29, 0.717) is 0 Å². The second-order valence-electron chi connectivity index (χ2n) is 5.98. The predicted molar refractivity (Wildman–Crippen MR) is 89.2 cm³/mol. The van der Waals surface area contributed by atoms with Crippen molar-refractivity contribution in [1.29, 1.82) is 0 Å². The van der Waals surface area contributed by atoms with Crippen LogP contribution in [0, 0.1) is 5.82 Å². The molecule has 0 aromatic heterocycles. The number of urea groups is 1. The normalized spacial score (nSPS) is 16.6. The fourth-order valence-electron chi connectivity index (χ4n) is 2.50. The van der Waals surface area contributed by atoms with Crippen LogP contribution in [0.25, 0.3) is 0 Å². The maximum absolute atomic E-state index is 13.3. The first-order valence-electron chi connectivity index (χ1n) is 8.10. The molecule has 0 radical (unpaired) electrons. The third-order valence-corrected chi connectivity index (χ3v) is 5.73. The molecule has 2 rings (SSSR count). The Kier molecular flexibility index (Phi) is 6.96. The van der Waals surface area contributed by atoms with Crippen LogP contribution in [0.3, 0.4) is 0 Å². The number of carbonyl (C=O) groups is 2. The van der Waals surface area contributed by atoms with E-state index in [0.717, 1.165) is 16.4 Å². The molecule has 0 aliphatic carbocycles. The van der Waals surface area contributed by atoms with Crippen LogP contribution < -0.4 is 10.6 Å². The Balaban J connectivity index is 1.82. The molecule has 13 heteroatoms. The van der Waals surface area contributed by atoms with E-state index >= 15 is 0 Å². The molecule has 0 spiro atoms. The van der Waals surface area contributed by atoms with Gasteiger partial charge in [-0.05, 0) is 18.2 Å². The number of hydrogen-bond acceptors (Lipinski definition) is 5. The highest BCUT2D eigenvalue weighted by Gasteiger charge is 2.30. The monoisotopic (exact) mass is 426 g/mol. The van der Waals surface area contributed by atoms with Gasteiger partial charge in [0.15, 0.2) is 0 Å². The fraction of sp³-hybridized carbons (Fsp3) is 0.467. The minimum absolute atomic E-state index is 0.0341. The molecule has 156 valence electrons. The van der Waals surface area contributed by atoms with Crippen LogP contribution in [0.1, 0.15) is 0 Å². The van der Waals surface area contributed by atoms with Crippen LogP contribution in [-0.4, -0.2) is 75.0 Å². The van der Waals surface area contributed by atoms with Crippen LogP contribution in [-0.2, 0) is 14.8 Å². The molecule has 1 heterocycles. The molecular weight excluding hydrogens is 408 g/mol. The van der Waals surface area contributed by atoms with Crippen LogP contribution in [0.5, 0.6) is 0 Å². The number of halogens is 4. The smallest absolute Gasteiger partial charge is 0.329 e. The van der Waals surface area contributed by atoms with Gasteiger partial charge in [0.1, 0.15) is 12.4 Å². The Morgan fingerprint density at radius 1 is 1.11 bits per heavy atom. The summed E-state index contributed by atoms with van der Waals surface area (Å²) in [7, 11) is -3.88. The van der Waals surface area contributed by atoms with Gasteiger partial charge in [-0.3, -0.25) is 15.0 Å². The summed E-state index contributed by atoms with van der Waals surface area (Å²) in [4.78, 5) is 24.3. The van der Waals surface area contributed by atoms with E-state index in [4.69, 9.17) is 0 Å². The van der Waals surface area contributed by atoms with Crippen LogP contribution in [0.2, 0.25) is 0 Å². The Labute approximate surface area is 158 Å². The number of nitrogens with one attached hydrogen (secondary N) is 2. The molecule has 1 aromatic carbocycles. The summed E-state index contributed by atoms with van der Waals surface area (Å²) in [6.45, 7) is -1.47. The standard InChI is InChI=1S/C15H18F4N4O4S/c16-11-2-1-3-12(8-11)28(26,27)23-6-4-22(5-7-23)9-13(24)21-14(25)20-10-15(17,18)19/h1-3,8H,4-7,9-10H2,(H2,20,21,24,25). The van der Waals surface area contributed by atoms with Crippen molar-refractivity contribution < 1.29 is 35.6 Å². The average molecular weight is 426 g/mol. The lowest BCUT2D eigenvalue weighted by atomic mass is 10.3. The summed E-state index contributed by atoms with van der Waals surface area (Å²) in [5.41, 5.74) is 0. The van der Waals surface area contributed by atoms with E-state index in [1.54, 1.807) is 10.2 Å². The lowest BCUT2D eigenvalue weighted by molar-refractivity contribution is -0.125. The molecule has 8 nitrogen and oxygen atoms in total. The van der Waals surface area contributed by atoms with Gasteiger partial charge in [-0.25, -0.2) is 17.6 Å². The second kappa shape index (κ2) is 8.84. The maximum atomic E-state index is 13.3. The minimum atomic E-state index is -4.59. The zero-order valence-corrected chi connectivity index (χ0v) is 15.3. The van der Waals surface area contributed by atoms with E-state index < -0.39 is 40.5 Å². The van der Waals surface area contributed by atoms with E-state index in [1.807, 2.05) is 0 Å². The van der Waals surface area contributed by atoms with Gasteiger partial charge in [-0.1, -0.05) is 6.07 Å². The van der Waals surface area contributed by atoms with Crippen molar-refractivity contribution in [1.82, 2.24) is 19.8 Å². The van der Waals surface area contributed by atoms with E-state index in [-0.39, 0.29) is 37.6 Å². The minimum Gasteiger partial charge on any atom is -0.329 e. The van der Waals surface area contributed by atoms with Gasteiger partial charge in [-0.2, -0.15) is 17.5 Å². The van der Waals surface area contributed by atoms with Crippen molar-refractivity contribution >= 4 is 22.0 Å². The number of nitrogens with zero attached hydrogens (tertiary/aromatic N) is 2. The third-order valence-electron chi connectivity index (χ3n) is 3.83. The maximum Gasteiger partial charge on any atom is 0.405 e. The van der Waals surface area contributed by atoms with Crippen LogP contribution in [0.4, 0.5) is 22.4 Å². The first kappa shape index (κ1) is 22.0. The highest BCUT2D eigenvalue weighted by Crippen LogP contribution is 2.18. The molecule has 0 unspecified atom stereocenters. The van der Waals surface area contributed by atoms with E-state index in [2.05, 4.69) is 0 Å². The topological polar surface area (TPSA) is 98.8 Å². The quantitative estimate of drug-likeness (QED) is 0.669. The van der Waals surface area contributed by atoms with Crippen LogP contribution >= 0.6 is 0 Å². The van der Waals surface area contributed by atoms with E-state index in [1.165, 1.54) is 17.4 Å². The molecule has 28 heavy (non-hydrogen) atoms. The number of carbonyl (C=O) groups excluding carboxylic acids is 2. The molecule has 2 N–H and O–H groups in total. The molecule has 0 atom stereocenters. The lowest BCUT2D eigenvalue weighted by Gasteiger charge is -2.33.